The molecule has 3 aromatic carbocycles. The van der Waals surface area contributed by atoms with Gasteiger partial charge in [0.05, 0.1) is 125 Å². The highest BCUT2D eigenvalue weighted by atomic mass is 16.6. The number of rotatable bonds is 34. The summed E-state index contributed by atoms with van der Waals surface area (Å²) in [6.45, 7) is 8.38. The van der Waals surface area contributed by atoms with Crippen LogP contribution in [-0.4, -0.2) is 151 Å². The van der Waals surface area contributed by atoms with E-state index in [1.165, 1.54) is 10.6 Å². The number of aromatic nitrogens is 4. The van der Waals surface area contributed by atoms with Crippen molar-refractivity contribution in [2.75, 3.05) is 126 Å². The molecular weight excluding hydrogens is 829 g/mol. The highest BCUT2D eigenvalue weighted by molar-refractivity contribution is 5.87. The van der Waals surface area contributed by atoms with Crippen LogP contribution in [0.5, 0.6) is 0 Å². The smallest absolute Gasteiger partial charge is 0.333 e. The van der Waals surface area contributed by atoms with E-state index in [2.05, 4.69) is 9.97 Å². The van der Waals surface area contributed by atoms with Crippen molar-refractivity contribution >= 4 is 23.2 Å². The first-order valence-corrected chi connectivity index (χ1v) is 21.4. The number of hydrogen-bond donors (Lipinski definition) is 1. The Hall–Kier alpha value is -5.34. The van der Waals surface area contributed by atoms with Crippen LogP contribution in [0.3, 0.4) is 0 Å². The van der Waals surface area contributed by atoms with Crippen molar-refractivity contribution in [3.63, 3.8) is 0 Å². The number of carbonyl (C=O) groups excluding carboxylic acids is 1. The minimum Gasteiger partial charge on any atom is -0.460 e. The van der Waals surface area contributed by atoms with Gasteiger partial charge < -0.3 is 52.4 Å². The van der Waals surface area contributed by atoms with Crippen molar-refractivity contribution in [2.24, 2.45) is 0 Å². The van der Waals surface area contributed by atoms with Crippen molar-refractivity contribution in [3.05, 3.63) is 129 Å². The van der Waals surface area contributed by atoms with Gasteiger partial charge in [-0.25, -0.2) is 14.6 Å². The summed E-state index contributed by atoms with van der Waals surface area (Å²) in [5.41, 5.74) is 2.80. The molecule has 346 valence electrons. The Morgan fingerprint density at radius 1 is 0.547 bits per heavy atom. The Kier molecular flexibility index (Phi) is 23.2. The maximum Gasteiger partial charge on any atom is 0.333 e. The number of aromatic amines is 1. The molecule has 1 N–H and O–H groups in total. The molecule has 0 amide bonds. The normalized spacial score (nSPS) is 11.6. The minimum absolute atomic E-state index is 0.0982. The van der Waals surface area contributed by atoms with Gasteiger partial charge in [-0.2, -0.15) is 0 Å². The third-order valence-corrected chi connectivity index (χ3v) is 9.34. The van der Waals surface area contributed by atoms with Gasteiger partial charge in [-0.05, 0) is 22.8 Å². The van der Waals surface area contributed by atoms with Crippen LogP contribution >= 0.6 is 0 Å². The van der Waals surface area contributed by atoms with Crippen LogP contribution in [0.1, 0.15) is 16.7 Å². The zero-order valence-electron chi connectivity index (χ0n) is 36.5. The first-order chi connectivity index (χ1) is 31.5. The molecule has 5 rings (SSSR count). The monoisotopic (exact) mass is 888 g/mol. The minimum atomic E-state index is -0.502. The Morgan fingerprint density at radius 3 is 1.42 bits per heavy atom. The molecule has 17 nitrogen and oxygen atoms in total. The molecule has 64 heavy (non-hydrogen) atoms. The second-order valence-electron chi connectivity index (χ2n) is 14.0. The van der Waals surface area contributed by atoms with Crippen molar-refractivity contribution in [1.29, 1.82) is 0 Å². The maximum atomic E-state index is 13.8. The highest BCUT2D eigenvalue weighted by Crippen LogP contribution is 2.20. The Bertz CT molecular complexity index is 2190. The summed E-state index contributed by atoms with van der Waals surface area (Å²) in [4.78, 5) is 47.6. The number of hydrogen-bond acceptors (Lipinski definition) is 14. The van der Waals surface area contributed by atoms with Crippen molar-refractivity contribution < 1.29 is 52.2 Å². The Balaban J connectivity index is 0.898. The Labute approximate surface area is 372 Å². The zero-order chi connectivity index (χ0) is 44.9. The second-order valence-corrected chi connectivity index (χ2v) is 14.0. The third kappa shape index (κ3) is 18.0. The lowest BCUT2D eigenvalue weighted by molar-refractivity contribution is -0.139. The van der Waals surface area contributed by atoms with Gasteiger partial charge in [-0.3, -0.25) is 13.9 Å². The van der Waals surface area contributed by atoms with E-state index < -0.39 is 17.2 Å². The number of esters is 1. The summed E-state index contributed by atoms with van der Waals surface area (Å²) in [5.74, 6) is -0.0648. The van der Waals surface area contributed by atoms with Crippen LogP contribution in [0.2, 0.25) is 0 Å². The fourth-order valence-electron chi connectivity index (χ4n) is 6.07. The van der Waals surface area contributed by atoms with Gasteiger partial charge in [0.1, 0.15) is 18.1 Å². The van der Waals surface area contributed by atoms with Crippen molar-refractivity contribution in [2.45, 2.75) is 13.1 Å². The van der Waals surface area contributed by atoms with Crippen LogP contribution in [-0.2, 0) is 65.3 Å². The molecule has 0 aliphatic carbocycles. The average molecular weight is 889 g/mol. The summed E-state index contributed by atoms with van der Waals surface area (Å²) in [7, 11) is 1.64. The maximum absolute atomic E-state index is 13.8. The van der Waals surface area contributed by atoms with Crippen LogP contribution in [0.25, 0.3) is 28.6 Å². The van der Waals surface area contributed by atoms with Gasteiger partial charge >= 0.3 is 11.7 Å². The van der Waals surface area contributed by atoms with Crippen LogP contribution in [0.4, 0.5) is 0 Å². The van der Waals surface area contributed by atoms with Crippen LogP contribution in [0, 0.1) is 0 Å². The predicted octanol–water partition coefficient (Wildman–Crippen LogP) is 3.99. The predicted molar refractivity (Wildman–Crippen MR) is 240 cm³/mol. The van der Waals surface area contributed by atoms with Gasteiger partial charge in [0, 0.05) is 18.7 Å². The number of benzene rings is 3. The summed E-state index contributed by atoms with van der Waals surface area (Å²) >= 11 is 0. The topological polar surface area (TPSA) is 182 Å². The van der Waals surface area contributed by atoms with E-state index in [-0.39, 0.29) is 31.8 Å². The van der Waals surface area contributed by atoms with Crippen molar-refractivity contribution in [3.8, 4) is 11.4 Å². The number of imidazole rings is 1. The van der Waals surface area contributed by atoms with Gasteiger partial charge in [0.2, 0.25) is 0 Å². The summed E-state index contributed by atoms with van der Waals surface area (Å²) in [5, 5.41) is 0. The average Bonchev–Trinajstić information content (AvgIpc) is 3.77. The fraction of sp³-hybridized carbons (Fsp3) is 0.447. The van der Waals surface area contributed by atoms with E-state index in [0.717, 1.165) is 16.7 Å². The Morgan fingerprint density at radius 2 is 0.969 bits per heavy atom. The number of nitrogens with one attached hydrogen (secondary N) is 1. The molecule has 0 aliphatic rings. The third-order valence-electron chi connectivity index (χ3n) is 9.34. The lowest BCUT2D eigenvalue weighted by Gasteiger charge is -2.12. The summed E-state index contributed by atoms with van der Waals surface area (Å²) in [6.07, 6.45) is 2.99. The van der Waals surface area contributed by atoms with E-state index in [4.69, 9.17) is 47.4 Å². The lowest BCUT2D eigenvalue weighted by atomic mass is 10.1. The zero-order valence-corrected chi connectivity index (χ0v) is 36.5. The second kappa shape index (κ2) is 29.9. The number of H-pyrrole nitrogens is 1. The molecule has 0 fully saturated rings. The number of carbonyl (C=O) groups is 1. The molecule has 0 radical (unpaired) electrons. The largest absolute Gasteiger partial charge is 0.460 e. The standard InChI is InChI=1S/C47H60N4O13/c1-55-18-19-56-20-21-57-22-23-58-24-25-59-26-27-60-28-29-61-30-31-62-32-33-63-34-35-64-42(52)17-14-38-12-15-41(16-13-38)44-48-43-45(49-44)50(36-39-8-4-2-5-9-39)47(54)51(46(43)53)37-40-10-6-3-7-11-40/h2-17H,18-37H2,1H3,(H,48,49)/b17-14+. The van der Waals surface area contributed by atoms with Gasteiger partial charge in [-0.15, -0.1) is 0 Å². The van der Waals surface area contributed by atoms with Gasteiger partial charge in [-0.1, -0.05) is 84.9 Å². The quantitative estimate of drug-likeness (QED) is 0.0356. The molecular formula is C47H60N4O13. The fourth-order valence-corrected chi connectivity index (χ4v) is 6.07. The first kappa shape index (κ1) is 49.7. The van der Waals surface area contributed by atoms with Gasteiger partial charge in [0.15, 0.2) is 5.52 Å². The summed E-state index contributed by atoms with van der Waals surface area (Å²) in [6, 6.07) is 26.2. The molecule has 5 aromatic rings. The van der Waals surface area contributed by atoms with Crippen LogP contribution in [0.15, 0.2) is 101 Å². The molecule has 2 heterocycles. The number of fused-ring (bicyclic) bond motifs is 1. The molecule has 0 unspecified atom stereocenters. The molecule has 0 saturated heterocycles. The summed E-state index contributed by atoms with van der Waals surface area (Å²) < 4.78 is 56.5. The molecule has 0 spiro atoms. The molecule has 0 bridgehead atoms. The van der Waals surface area contributed by atoms with E-state index >= 15 is 0 Å². The molecule has 0 atom stereocenters. The van der Waals surface area contributed by atoms with Crippen LogP contribution < -0.4 is 11.2 Å². The van der Waals surface area contributed by atoms with E-state index in [1.807, 2.05) is 84.9 Å². The highest BCUT2D eigenvalue weighted by Gasteiger charge is 2.19. The number of methoxy groups -OCH3 is 1. The molecule has 0 aliphatic heterocycles. The molecule has 17 heteroatoms. The van der Waals surface area contributed by atoms with E-state index in [0.29, 0.717) is 123 Å². The molecule has 0 saturated carbocycles. The van der Waals surface area contributed by atoms with E-state index in [1.54, 1.807) is 17.8 Å². The van der Waals surface area contributed by atoms with Gasteiger partial charge in [0.25, 0.3) is 5.56 Å². The SMILES string of the molecule is COCCOCCOCCOCCOCCOCCOCCOCCOCCOC(=O)/C=C/c1ccc(-c2nc3c(=O)n(Cc4ccccc4)c(=O)n(Cc4ccccc4)c3[nH]2)cc1. The lowest BCUT2D eigenvalue weighted by Crippen LogP contribution is -2.40. The first-order valence-electron chi connectivity index (χ1n) is 21.4. The number of ether oxygens (including phenoxy) is 10. The van der Waals surface area contributed by atoms with E-state index in [9.17, 15) is 14.4 Å². The van der Waals surface area contributed by atoms with Crippen molar-refractivity contribution in [1.82, 2.24) is 19.1 Å². The molecule has 2 aromatic heterocycles. The number of nitrogens with zero attached hydrogens (tertiary/aromatic N) is 3.